The lowest BCUT2D eigenvalue weighted by Crippen LogP contribution is -2.50. The Labute approximate surface area is 150 Å². The predicted octanol–water partition coefficient (Wildman–Crippen LogP) is 3.17. The van der Waals surface area contributed by atoms with Crippen LogP contribution in [0.3, 0.4) is 0 Å². The molecule has 5 rings (SSSR count). The molecule has 2 bridgehead atoms. The van der Waals surface area contributed by atoms with Crippen molar-refractivity contribution in [3.63, 3.8) is 0 Å². The first-order valence-electron chi connectivity index (χ1n) is 9.70. The highest BCUT2D eigenvalue weighted by atomic mass is 16.2. The number of rotatable bonds is 3. The number of hydrogen-bond donors (Lipinski definition) is 0. The second-order valence-corrected chi connectivity index (χ2v) is 8.24. The van der Waals surface area contributed by atoms with E-state index in [0.717, 1.165) is 36.1 Å². The first-order chi connectivity index (χ1) is 12.0. The zero-order valence-electron chi connectivity index (χ0n) is 15.3. The normalized spacial score (nSPS) is 26.6. The molecular formula is C21H28N2O2. The molecule has 0 spiro atoms. The molecule has 134 valence electrons. The Bertz CT molecular complexity index is 695. The van der Waals surface area contributed by atoms with Crippen molar-refractivity contribution in [1.82, 2.24) is 9.80 Å². The van der Waals surface area contributed by atoms with Gasteiger partial charge < -0.3 is 9.80 Å². The van der Waals surface area contributed by atoms with Gasteiger partial charge in [0, 0.05) is 31.2 Å². The van der Waals surface area contributed by atoms with E-state index in [0.29, 0.717) is 24.9 Å². The Morgan fingerprint density at radius 3 is 2.64 bits per heavy atom. The summed E-state index contributed by atoms with van der Waals surface area (Å²) in [6, 6.07) is 6.25. The maximum Gasteiger partial charge on any atom is 0.254 e. The van der Waals surface area contributed by atoms with E-state index in [1.54, 1.807) is 0 Å². The first kappa shape index (κ1) is 16.6. The van der Waals surface area contributed by atoms with Crippen LogP contribution in [0, 0.1) is 25.7 Å². The number of nitrogens with zero attached hydrogens (tertiary/aromatic N) is 2. The van der Waals surface area contributed by atoms with Gasteiger partial charge in [-0.15, -0.1) is 0 Å². The van der Waals surface area contributed by atoms with Crippen LogP contribution < -0.4 is 0 Å². The Morgan fingerprint density at radius 1 is 1.12 bits per heavy atom. The Morgan fingerprint density at radius 2 is 1.92 bits per heavy atom. The molecule has 0 N–H and O–H groups in total. The summed E-state index contributed by atoms with van der Waals surface area (Å²) in [5.41, 5.74) is 2.92. The summed E-state index contributed by atoms with van der Waals surface area (Å²) in [5.74, 6) is 1.06. The van der Waals surface area contributed by atoms with Crippen LogP contribution in [0.5, 0.6) is 0 Å². The van der Waals surface area contributed by atoms with Crippen molar-refractivity contribution in [2.75, 3.05) is 19.6 Å². The fourth-order valence-corrected chi connectivity index (χ4v) is 4.54. The quantitative estimate of drug-likeness (QED) is 0.848. The predicted molar refractivity (Wildman–Crippen MR) is 97.4 cm³/mol. The van der Waals surface area contributed by atoms with Crippen LogP contribution in [0.15, 0.2) is 18.2 Å². The fourth-order valence-electron chi connectivity index (χ4n) is 4.54. The van der Waals surface area contributed by atoms with Gasteiger partial charge in [-0.1, -0.05) is 24.1 Å². The van der Waals surface area contributed by atoms with E-state index in [2.05, 4.69) is 4.90 Å². The monoisotopic (exact) mass is 340 g/mol. The number of fused-ring (bicyclic) bond motifs is 4. The molecule has 1 aromatic rings. The standard InChI is InChI=1S/C21H28N2O2/c1-14-6-7-15(2)19(10-14)21(25)22-12-17-8-9-18(13-22)23(20(17)24)11-16-4-3-5-16/h6-7,10,16-18H,3-5,8-9,11-13H2,1-2H3/t17-,18+/m1/s1. The summed E-state index contributed by atoms with van der Waals surface area (Å²) in [5, 5.41) is 0. The van der Waals surface area contributed by atoms with Gasteiger partial charge in [0.05, 0.1) is 5.92 Å². The summed E-state index contributed by atoms with van der Waals surface area (Å²) >= 11 is 0. The van der Waals surface area contributed by atoms with Crippen molar-refractivity contribution in [1.29, 1.82) is 0 Å². The number of carbonyl (C=O) groups is 2. The van der Waals surface area contributed by atoms with Crippen LogP contribution in [0.25, 0.3) is 0 Å². The van der Waals surface area contributed by atoms with Gasteiger partial charge in [0.1, 0.15) is 0 Å². The molecule has 4 fully saturated rings. The van der Waals surface area contributed by atoms with E-state index < -0.39 is 0 Å². The fraction of sp³-hybridized carbons (Fsp3) is 0.619. The van der Waals surface area contributed by atoms with Crippen molar-refractivity contribution in [3.05, 3.63) is 34.9 Å². The molecule has 0 unspecified atom stereocenters. The molecule has 4 aliphatic rings. The van der Waals surface area contributed by atoms with E-state index in [9.17, 15) is 9.59 Å². The topological polar surface area (TPSA) is 40.6 Å². The maximum absolute atomic E-state index is 13.1. The molecule has 0 radical (unpaired) electrons. The van der Waals surface area contributed by atoms with Gasteiger partial charge >= 0.3 is 0 Å². The zero-order chi connectivity index (χ0) is 17.6. The molecular weight excluding hydrogens is 312 g/mol. The summed E-state index contributed by atoms with van der Waals surface area (Å²) in [6.45, 7) is 6.20. The SMILES string of the molecule is Cc1ccc(C)c(C(=O)N2C[C@H]3CC[C@@H](C2)N(CC2CCC2)C3=O)c1. The molecule has 4 nitrogen and oxygen atoms in total. The van der Waals surface area contributed by atoms with Gasteiger partial charge in [0.2, 0.25) is 5.91 Å². The number of piperidine rings is 1. The molecule has 1 saturated carbocycles. The van der Waals surface area contributed by atoms with Crippen LogP contribution in [0.1, 0.15) is 53.6 Å². The van der Waals surface area contributed by atoms with Crippen molar-refractivity contribution in [3.8, 4) is 0 Å². The minimum atomic E-state index is -0.00658. The van der Waals surface area contributed by atoms with Gasteiger partial charge in [-0.3, -0.25) is 9.59 Å². The maximum atomic E-state index is 13.1. The lowest BCUT2D eigenvalue weighted by atomic mass is 9.83. The van der Waals surface area contributed by atoms with E-state index in [1.165, 1.54) is 19.3 Å². The van der Waals surface area contributed by atoms with E-state index in [4.69, 9.17) is 0 Å². The van der Waals surface area contributed by atoms with E-state index in [-0.39, 0.29) is 17.9 Å². The van der Waals surface area contributed by atoms with Crippen LogP contribution in [-0.4, -0.2) is 47.3 Å². The number of hydrogen-bond acceptors (Lipinski definition) is 2. The highest BCUT2D eigenvalue weighted by Crippen LogP contribution is 2.34. The third-order valence-electron chi connectivity index (χ3n) is 6.38. The second kappa shape index (κ2) is 6.47. The van der Waals surface area contributed by atoms with Crippen molar-refractivity contribution in [2.45, 2.75) is 52.0 Å². The minimum absolute atomic E-state index is 0.00658. The Balaban J connectivity index is 1.55. The molecule has 3 aliphatic heterocycles. The number of aryl methyl sites for hydroxylation is 2. The van der Waals surface area contributed by atoms with Gasteiger partial charge in [-0.2, -0.15) is 0 Å². The van der Waals surface area contributed by atoms with Gasteiger partial charge in [-0.25, -0.2) is 0 Å². The number of benzene rings is 1. The van der Waals surface area contributed by atoms with Gasteiger partial charge in [0.15, 0.2) is 0 Å². The van der Waals surface area contributed by atoms with E-state index in [1.807, 2.05) is 36.9 Å². The van der Waals surface area contributed by atoms with Crippen LogP contribution in [0.4, 0.5) is 0 Å². The van der Waals surface area contributed by atoms with Crippen molar-refractivity contribution < 1.29 is 9.59 Å². The summed E-state index contributed by atoms with van der Waals surface area (Å²) in [4.78, 5) is 30.1. The first-order valence-corrected chi connectivity index (χ1v) is 9.70. The molecule has 3 heterocycles. The van der Waals surface area contributed by atoms with E-state index >= 15 is 0 Å². The molecule has 3 saturated heterocycles. The second-order valence-electron chi connectivity index (χ2n) is 8.24. The molecule has 0 aromatic heterocycles. The molecule has 2 amide bonds. The van der Waals surface area contributed by atoms with Crippen molar-refractivity contribution in [2.24, 2.45) is 11.8 Å². The lowest BCUT2D eigenvalue weighted by Gasteiger charge is -2.40. The Kier molecular flexibility index (Phi) is 4.30. The third kappa shape index (κ3) is 3.07. The van der Waals surface area contributed by atoms with Crippen LogP contribution in [-0.2, 0) is 4.79 Å². The number of amides is 2. The summed E-state index contributed by atoms with van der Waals surface area (Å²) in [7, 11) is 0. The largest absolute Gasteiger partial charge is 0.337 e. The average molecular weight is 340 g/mol. The highest BCUT2D eigenvalue weighted by molar-refractivity contribution is 5.96. The molecule has 1 aromatic carbocycles. The Hall–Kier alpha value is -1.84. The molecule has 1 aliphatic carbocycles. The van der Waals surface area contributed by atoms with Crippen LogP contribution >= 0.6 is 0 Å². The van der Waals surface area contributed by atoms with Crippen molar-refractivity contribution >= 4 is 11.8 Å². The lowest BCUT2D eigenvalue weighted by molar-refractivity contribution is -0.141. The molecule has 25 heavy (non-hydrogen) atoms. The smallest absolute Gasteiger partial charge is 0.254 e. The molecule has 2 atom stereocenters. The average Bonchev–Trinajstić information content (AvgIpc) is 2.84. The number of carbonyl (C=O) groups excluding carboxylic acids is 2. The van der Waals surface area contributed by atoms with Crippen LogP contribution in [0.2, 0.25) is 0 Å². The third-order valence-corrected chi connectivity index (χ3v) is 6.38. The zero-order valence-corrected chi connectivity index (χ0v) is 15.3. The summed E-state index contributed by atoms with van der Waals surface area (Å²) in [6.07, 6.45) is 5.79. The summed E-state index contributed by atoms with van der Waals surface area (Å²) < 4.78 is 0. The molecule has 4 heteroatoms. The minimum Gasteiger partial charge on any atom is -0.337 e. The van der Waals surface area contributed by atoms with Gasteiger partial charge in [0.25, 0.3) is 5.91 Å². The van der Waals surface area contributed by atoms with Gasteiger partial charge in [-0.05, 0) is 57.1 Å². The highest BCUT2D eigenvalue weighted by Gasteiger charge is 2.43.